The summed E-state index contributed by atoms with van der Waals surface area (Å²) in [6, 6.07) is 0. The van der Waals surface area contributed by atoms with E-state index in [2.05, 4.69) is 22.6 Å². The van der Waals surface area contributed by atoms with Crippen LogP contribution in [-0.4, -0.2) is 3.92 Å². The maximum Gasteiger partial charge on any atom is 0.0141 e. The Morgan fingerprint density at radius 2 is 2.12 bits per heavy atom. The molecule has 0 bridgehead atoms. The van der Waals surface area contributed by atoms with Gasteiger partial charge >= 0.3 is 0 Å². The number of halogens is 1. The number of hydrogen-bond donors (Lipinski definition) is 0. The van der Waals surface area contributed by atoms with Crippen molar-refractivity contribution in [3.05, 3.63) is 0 Å². The molecule has 2 fully saturated rings. The summed E-state index contributed by atoms with van der Waals surface area (Å²) in [5.74, 6) is 2.33. The van der Waals surface area contributed by atoms with Crippen LogP contribution in [0.1, 0.15) is 25.7 Å². The van der Waals surface area contributed by atoms with Gasteiger partial charge in [0.2, 0.25) is 0 Å². The van der Waals surface area contributed by atoms with Gasteiger partial charge in [0.25, 0.3) is 0 Å². The van der Waals surface area contributed by atoms with Gasteiger partial charge in [-0.25, -0.2) is 0 Å². The van der Waals surface area contributed by atoms with E-state index in [1.54, 1.807) is 12.8 Å². The molecule has 2 aliphatic rings. The van der Waals surface area contributed by atoms with E-state index in [-0.39, 0.29) is 0 Å². The van der Waals surface area contributed by atoms with Crippen LogP contribution in [0.2, 0.25) is 0 Å². The molecule has 0 radical (unpaired) electrons. The van der Waals surface area contributed by atoms with Crippen LogP contribution >= 0.6 is 22.6 Å². The maximum atomic E-state index is 2.62. The summed E-state index contributed by atoms with van der Waals surface area (Å²) < 4.78 is 1.05. The third kappa shape index (κ3) is 0.789. The Kier molecular flexibility index (Phi) is 1.28. The van der Waals surface area contributed by atoms with Gasteiger partial charge in [0.15, 0.2) is 0 Å². The highest BCUT2D eigenvalue weighted by Gasteiger charge is 2.43. The minimum atomic E-state index is 1.05. The van der Waals surface area contributed by atoms with Crippen LogP contribution in [0.25, 0.3) is 0 Å². The minimum absolute atomic E-state index is 1.05. The van der Waals surface area contributed by atoms with Gasteiger partial charge in [-0.1, -0.05) is 35.4 Å². The molecule has 1 heteroatoms. The Morgan fingerprint density at radius 3 is 2.75 bits per heavy atom. The molecular weight excluding hydrogens is 211 g/mol. The lowest BCUT2D eigenvalue weighted by atomic mass is 10.0. The van der Waals surface area contributed by atoms with Crippen molar-refractivity contribution in [3.8, 4) is 0 Å². The molecule has 0 spiro atoms. The molecule has 0 N–H and O–H groups in total. The summed E-state index contributed by atoms with van der Waals surface area (Å²) in [5, 5.41) is 0. The predicted molar refractivity (Wildman–Crippen MR) is 43.3 cm³/mol. The van der Waals surface area contributed by atoms with Gasteiger partial charge in [-0.05, 0) is 24.7 Å². The summed E-state index contributed by atoms with van der Waals surface area (Å²) in [4.78, 5) is 0. The van der Waals surface area contributed by atoms with Crippen LogP contribution in [-0.2, 0) is 0 Å². The summed E-state index contributed by atoms with van der Waals surface area (Å²) >= 11 is 2.62. The van der Waals surface area contributed by atoms with E-state index in [1.165, 1.54) is 18.8 Å². The van der Waals surface area contributed by atoms with Crippen molar-refractivity contribution in [2.24, 2.45) is 11.8 Å². The molecule has 0 aromatic heterocycles. The first-order valence-corrected chi connectivity index (χ1v) is 4.76. The fourth-order valence-electron chi connectivity index (χ4n) is 1.84. The zero-order chi connectivity index (χ0) is 5.56. The van der Waals surface area contributed by atoms with Gasteiger partial charge in [-0.3, -0.25) is 0 Å². The van der Waals surface area contributed by atoms with Crippen LogP contribution in [0.5, 0.6) is 0 Å². The van der Waals surface area contributed by atoms with E-state index in [9.17, 15) is 0 Å². The summed E-state index contributed by atoms with van der Waals surface area (Å²) in [7, 11) is 0. The van der Waals surface area contributed by atoms with Crippen LogP contribution in [0.4, 0.5) is 0 Å². The first-order chi connectivity index (χ1) is 3.88. The molecule has 46 valence electrons. The third-order valence-electron chi connectivity index (χ3n) is 2.50. The van der Waals surface area contributed by atoms with Crippen LogP contribution in [0, 0.1) is 11.8 Å². The zero-order valence-electron chi connectivity index (χ0n) is 4.94. The van der Waals surface area contributed by atoms with E-state index in [0.29, 0.717) is 0 Å². The number of hydrogen-bond acceptors (Lipinski definition) is 0. The van der Waals surface area contributed by atoms with E-state index >= 15 is 0 Å². The second-order valence-electron chi connectivity index (χ2n) is 3.11. The smallest absolute Gasteiger partial charge is 0.0141 e. The molecule has 2 saturated carbocycles. The first-order valence-electron chi connectivity index (χ1n) is 3.52. The molecule has 0 aromatic carbocycles. The van der Waals surface area contributed by atoms with E-state index in [1.807, 2.05) is 0 Å². The summed E-state index contributed by atoms with van der Waals surface area (Å²) in [5.41, 5.74) is 0. The molecule has 2 aliphatic carbocycles. The van der Waals surface area contributed by atoms with Gasteiger partial charge in [0, 0.05) is 3.92 Å². The highest BCUT2D eigenvalue weighted by Crippen LogP contribution is 2.52. The molecule has 0 amide bonds. The number of alkyl halides is 1. The molecule has 3 unspecified atom stereocenters. The van der Waals surface area contributed by atoms with Crippen LogP contribution in [0.3, 0.4) is 0 Å². The minimum Gasteiger partial charge on any atom is -0.0823 e. The Bertz CT molecular complexity index is 101. The normalized spacial score (nSPS) is 52.9. The number of rotatable bonds is 0. The monoisotopic (exact) mass is 222 g/mol. The molecule has 0 nitrogen and oxygen atoms in total. The molecule has 2 rings (SSSR count). The molecule has 3 atom stereocenters. The molecule has 0 aromatic rings. The van der Waals surface area contributed by atoms with Gasteiger partial charge in [-0.2, -0.15) is 0 Å². The SMILES string of the molecule is IC1CCCC2CC12. The first kappa shape index (κ1) is 5.51. The Balaban J connectivity index is 1.99. The van der Waals surface area contributed by atoms with Gasteiger partial charge in [-0.15, -0.1) is 0 Å². The largest absolute Gasteiger partial charge is 0.0823 e. The lowest BCUT2D eigenvalue weighted by Crippen LogP contribution is -2.07. The third-order valence-corrected chi connectivity index (χ3v) is 4.04. The van der Waals surface area contributed by atoms with Crippen molar-refractivity contribution in [3.63, 3.8) is 0 Å². The fourth-order valence-corrected chi connectivity index (χ4v) is 3.16. The van der Waals surface area contributed by atoms with Crippen molar-refractivity contribution >= 4 is 22.6 Å². The lowest BCUT2D eigenvalue weighted by molar-refractivity contribution is 0.503. The van der Waals surface area contributed by atoms with Gasteiger partial charge < -0.3 is 0 Å². The molecule has 0 heterocycles. The van der Waals surface area contributed by atoms with Crippen molar-refractivity contribution in [1.29, 1.82) is 0 Å². The zero-order valence-corrected chi connectivity index (χ0v) is 7.10. The van der Waals surface area contributed by atoms with Crippen molar-refractivity contribution in [1.82, 2.24) is 0 Å². The van der Waals surface area contributed by atoms with Crippen molar-refractivity contribution in [2.75, 3.05) is 0 Å². The lowest BCUT2D eigenvalue weighted by Gasteiger charge is -2.13. The molecule has 8 heavy (non-hydrogen) atoms. The summed E-state index contributed by atoms with van der Waals surface area (Å²) in [6.07, 6.45) is 6.12. The average Bonchev–Trinajstić information content (AvgIpc) is 2.45. The molecule has 0 saturated heterocycles. The summed E-state index contributed by atoms with van der Waals surface area (Å²) in [6.45, 7) is 0. The fraction of sp³-hybridized carbons (Fsp3) is 1.00. The second-order valence-corrected chi connectivity index (χ2v) is 4.71. The topological polar surface area (TPSA) is 0 Å². The maximum absolute atomic E-state index is 2.62. The molecular formula is C7H11I. The second kappa shape index (κ2) is 1.86. The Hall–Kier alpha value is 0.730. The number of fused-ring (bicyclic) bond motifs is 1. The predicted octanol–water partition coefficient (Wildman–Crippen LogP) is 2.61. The average molecular weight is 222 g/mol. The quantitative estimate of drug-likeness (QED) is 0.436. The van der Waals surface area contributed by atoms with Crippen molar-refractivity contribution < 1.29 is 0 Å². The standard InChI is InChI=1S/C7H11I/c8-7-3-1-2-5-4-6(5)7/h5-7H,1-4H2. The van der Waals surface area contributed by atoms with E-state index in [4.69, 9.17) is 0 Å². The van der Waals surface area contributed by atoms with Crippen LogP contribution < -0.4 is 0 Å². The van der Waals surface area contributed by atoms with Gasteiger partial charge in [0.1, 0.15) is 0 Å². The van der Waals surface area contributed by atoms with E-state index in [0.717, 1.165) is 9.84 Å². The van der Waals surface area contributed by atoms with Crippen molar-refractivity contribution in [2.45, 2.75) is 29.6 Å². The Labute approximate surface area is 64.2 Å². The Morgan fingerprint density at radius 1 is 1.25 bits per heavy atom. The van der Waals surface area contributed by atoms with E-state index < -0.39 is 0 Å². The highest BCUT2D eigenvalue weighted by atomic mass is 127. The van der Waals surface area contributed by atoms with Crippen LogP contribution in [0.15, 0.2) is 0 Å². The highest BCUT2D eigenvalue weighted by molar-refractivity contribution is 14.1. The van der Waals surface area contributed by atoms with Gasteiger partial charge in [0.05, 0.1) is 0 Å². The molecule has 0 aliphatic heterocycles.